The third-order valence-electron chi connectivity index (χ3n) is 2.78. The van der Waals surface area contributed by atoms with Gasteiger partial charge in [0.2, 0.25) is 0 Å². The summed E-state index contributed by atoms with van der Waals surface area (Å²) >= 11 is 0. The van der Waals surface area contributed by atoms with E-state index in [1.54, 1.807) is 6.07 Å². The minimum absolute atomic E-state index is 0.409. The van der Waals surface area contributed by atoms with Gasteiger partial charge in [-0.15, -0.1) is 0 Å². The first-order chi connectivity index (χ1) is 6.29. The smallest absolute Gasteiger partial charge is 0.118 e. The molecule has 0 aromatic heterocycles. The lowest BCUT2D eigenvalue weighted by atomic mass is 9.99. The van der Waals surface area contributed by atoms with Crippen molar-refractivity contribution in [3.8, 4) is 5.75 Å². The third-order valence-corrected chi connectivity index (χ3v) is 2.78. The van der Waals surface area contributed by atoms with Gasteiger partial charge in [0, 0.05) is 6.04 Å². The SMILES string of the molecule is Cc1c(O)cccc1[C@H]1CCCN1. The molecule has 70 valence electrons. The summed E-state index contributed by atoms with van der Waals surface area (Å²) in [5.74, 6) is 0.409. The molecule has 2 heteroatoms. The highest BCUT2D eigenvalue weighted by Crippen LogP contribution is 2.29. The average Bonchev–Trinajstić information content (AvgIpc) is 2.62. The van der Waals surface area contributed by atoms with Gasteiger partial charge in [-0.1, -0.05) is 12.1 Å². The van der Waals surface area contributed by atoms with E-state index >= 15 is 0 Å². The van der Waals surface area contributed by atoms with Gasteiger partial charge in [0.1, 0.15) is 5.75 Å². The molecule has 2 rings (SSSR count). The van der Waals surface area contributed by atoms with Crippen LogP contribution >= 0.6 is 0 Å². The van der Waals surface area contributed by atoms with Crippen LogP contribution in [0.1, 0.15) is 30.0 Å². The second-order valence-electron chi connectivity index (χ2n) is 3.64. The van der Waals surface area contributed by atoms with Crippen LogP contribution in [0.5, 0.6) is 5.75 Å². The second kappa shape index (κ2) is 3.38. The molecule has 0 spiro atoms. The lowest BCUT2D eigenvalue weighted by molar-refractivity contribution is 0.468. The van der Waals surface area contributed by atoms with Crippen molar-refractivity contribution in [2.75, 3.05) is 6.54 Å². The second-order valence-corrected chi connectivity index (χ2v) is 3.64. The molecule has 2 N–H and O–H groups in total. The minimum Gasteiger partial charge on any atom is -0.508 e. The Morgan fingerprint density at radius 3 is 3.00 bits per heavy atom. The van der Waals surface area contributed by atoms with E-state index in [1.165, 1.54) is 18.4 Å². The summed E-state index contributed by atoms with van der Waals surface area (Å²) in [6, 6.07) is 6.20. The van der Waals surface area contributed by atoms with Gasteiger partial charge in [0.25, 0.3) is 0 Å². The molecule has 13 heavy (non-hydrogen) atoms. The molecule has 0 saturated carbocycles. The van der Waals surface area contributed by atoms with E-state index < -0.39 is 0 Å². The summed E-state index contributed by atoms with van der Waals surface area (Å²) in [4.78, 5) is 0. The predicted molar refractivity (Wildman–Crippen MR) is 52.8 cm³/mol. The third kappa shape index (κ3) is 1.54. The molecule has 1 aromatic carbocycles. The largest absolute Gasteiger partial charge is 0.508 e. The van der Waals surface area contributed by atoms with Gasteiger partial charge in [-0.25, -0.2) is 0 Å². The molecule has 1 fully saturated rings. The number of phenols is 1. The van der Waals surface area contributed by atoms with Crippen molar-refractivity contribution >= 4 is 0 Å². The summed E-state index contributed by atoms with van der Waals surface area (Å²) < 4.78 is 0. The monoisotopic (exact) mass is 177 g/mol. The van der Waals surface area contributed by atoms with E-state index in [9.17, 15) is 5.11 Å². The van der Waals surface area contributed by atoms with Gasteiger partial charge >= 0.3 is 0 Å². The van der Waals surface area contributed by atoms with Crippen LogP contribution in [0.4, 0.5) is 0 Å². The minimum atomic E-state index is 0.409. The molecule has 1 aliphatic rings. The first-order valence-corrected chi connectivity index (χ1v) is 4.81. The maximum atomic E-state index is 9.53. The standard InChI is InChI=1S/C11H15NO/c1-8-9(4-2-6-11(8)13)10-5-3-7-12-10/h2,4,6,10,12-13H,3,5,7H2,1H3/t10-/m1/s1. The Kier molecular flexibility index (Phi) is 2.23. The molecule has 1 aliphatic heterocycles. The number of hydrogen-bond donors (Lipinski definition) is 2. The maximum absolute atomic E-state index is 9.53. The highest BCUT2D eigenvalue weighted by atomic mass is 16.3. The fourth-order valence-electron chi connectivity index (χ4n) is 1.97. The highest BCUT2D eigenvalue weighted by molar-refractivity contribution is 5.40. The van der Waals surface area contributed by atoms with E-state index in [4.69, 9.17) is 0 Å². The van der Waals surface area contributed by atoms with Gasteiger partial charge in [-0.2, -0.15) is 0 Å². The number of benzene rings is 1. The zero-order valence-corrected chi connectivity index (χ0v) is 7.88. The van der Waals surface area contributed by atoms with Crippen LogP contribution in [0, 0.1) is 6.92 Å². The summed E-state index contributed by atoms with van der Waals surface area (Å²) in [7, 11) is 0. The zero-order chi connectivity index (χ0) is 9.26. The van der Waals surface area contributed by atoms with Crippen LogP contribution in [0.3, 0.4) is 0 Å². The van der Waals surface area contributed by atoms with Crippen molar-refractivity contribution in [1.82, 2.24) is 5.32 Å². The van der Waals surface area contributed by atoms with Crippen LogP contribution in [-0.2, 0) is 0 Å². The molecule has 0 bridgehead atoms. The number of hydrogen-bond acceptors (Lipinski definition) is 2. The quantitative estimate of drug-likeness (QED) is 0.688. The Balaban J connectivity index is 2.33. The molecule has 1 saturated heterocycles. The van der Waals surface area contributed by atoms with Crippen LogP contribution in [0.15, 0.2) is 18.2 Å². The van der Waals surface area contributed by atoms with Crippen molar-refractivity contribution in [1.29, 1.82) is 0 Å². The van der Waals surface area contributed by atoms with Crippen molar-refractivity contribution in [3.05, 3.63) is 29.3 Å². The van der Waals surface area contributed by atoms with Crippen LogP contribution in [-0.4, -0.2) is 11.7 Å². The Hall–Kier alpha value is -1.02. The van der Waals surface area contributed by atoms with E-state index in [2.05, 4.69) is 11.4 Å². The average molecular weight is 177 g/mol. The van der Waals surface area contributed by atoms with Crippen LogP contribution in [0.25, 0.3) is 0 Å². The Labute approximate surface area is 78.6 Å². The lowest BCUT2D eigenvalue weighted by Crippen LogP contribution is -2.13. The number of phenolic OH excluding ortho intramolecular Hbond substituents is 1. The van der Waals surface area contributed by atoms with Gasteiger partial charge in [-0.05, 0) is 43.5 Å². The van der Waals surface area contributed by atoms with E-state index in [-0.39, 0.29) is 0 Å². The Morgan fingerprint density at radius 2 is 2.31 bits per heavy atom. The highest BCUT2D eigenvalue weighted by Gasteiger charge is 2.18. The van der Waals surface area contributed by atoms with E-state index in [0.29, 0.717) is 11.8 Å². The number of aromatic hydroxyl groups is 1. The normalized spacial score (nSPS) is 22.1. The molecule has 0 amide bonds. The maximum Gasteiger partial charge on any atom is 0.118 e. The van der Waals surface area contributed by atoms with Crippen LogP contribution < -0.4 is 5.32 Å². The first kappa shape index (κ1) is 8.57. The molecule has 0 aliphatic carbocycles. The summed E-state index contributed by atoms with van der Waals surface area (Å²) in [6.07, 6.45) is 2.42. The number of rotatable bonds is 1. The van der Waals surface area contributed by atoms with Gasteiger partial charge in [-0.3, -0.25) is 0 Å². The van der Waals surface area contributed by atoms with Gasteiger partial charge in [0.05, 0.1) is 0 Å². The van der Waals surface area contributed by atoms with E-state index in [0.717, 1.165) is 12.1 Å². The molecule has 0 unspecified atom stereocenters. The number of nitrogens with one attached hydrogen (secondary N) is 1. The fourth-order valence-corrected chi connectivity index (χ4v) is 1.97. The lowest BCUT2D eigenvalue weighted by Gasteiger charge is -2.14. The zero-order valence-electron chi connectivity index (χ0n) is 7.88. The van der Waals surface area contributed by atoms with Crippen molar-refractivity contribution < 1.29 is 5.11 Å². The molecule has 1 aromatic rings. The molecular weight excluding hydrogens is 162 g/mol. The van der Waals surface area contributed by atoms with Crippen LogP contribution in [0.2, 0.25) is 0 Å². The predicted octanol–water partition coefficient (Wildman–Crippen LogP) is 2.13. The summed E-state index contributed by atoms with van der Waals surface area (Å²) in [6.45, 7) is 3.07. The first-order valence-electron chi connectivity index (χ1n) is 4.81. The molecule has 1 heterocycles. The van der Waals surface area contributed by atoms with Crippen molar-refractivity contribution in [3.63, 3.8) is 0 Å². The van der Waals surface area contributed by atoms with E-state index in [1.807, 2.05) is 13.0 Å². The topological polar surface area (TPSA) is 32.3 Å². The summed E-state index contributed by atoms with van der Waals surface area (Å²) in [5.41, 5.74) is 2.26. The molecular formula is C11H15NO. The van der Waals surface area contributed by atoms with Gasteiger partial charge < -0.3 is 10.4 Å². The van der Waals surface area contributed by atoms with Crippen molar-refractivity contribution in [2.45, 2.75) is 25.8 Å². The molecule has 1 atom stereocenters. The molecule has 0 radical (unpaired) electrons. The molecule has 2 nitrogen and oxygen atoms in total. The van der Waals surface area contributed by atoms with Crippen molar-refractivity contribution in [2.24, 2.45) is 0 Å². The fraction of sp³-hybridized carbons (Fsp3) is 0.455. The Morgan fingerprint density at radius 1 is 1.46 bits per heavy atom. The summed E-state index contributed by atoms with van der Waals surface area (Å²) in [5, 5.41) is 13.0. The van der Waals surface area contributed by atoms with Gasteiger partial charge in [0.15, 0.2) is 0 Å². The Bertz CT molecular complexity index is 303.